The number of nitrogens with one attached hydrogen (secondary N) is 2. The zero-order valence-electron chi connectivity index (χ0n) is 41.6. The number of ether oxygens (including phenoxy) is 1. The molecule has 73 heavy (non-hydrogen) atoms. The Morgan fingerprint density at radius 1 is 0.836 bits per heavy atom. The van der Waals surface area contributed by atoms with E-state index in [-0.39, 0.29) is 41.6 Å². The number of aromatic nitrogens is 4. The maximum Gasteiger partial charge on any atom is 0.481 e. The lowest BCUT2D eigenvalue weighted by Crippen LogP contribution is -2.46. The van der Waals surface area contributed by atoms with E-state index in [0.29, 0.717) is 12.2 Å². The number of thioether (sulfide) groups is 1. The van der Waals surface area contributed by atoms with E-state index in [4.69, 9.17) is 19.5 Å². The molecule has 1 saturated heterocycles. The minimum absolute atomic E-state index is 0.0316. The van der Waals surface area contributed by atoms with Crippen molar-refractivity contribution in [1.82, 2.24) is 30.2 Å². The smallest absolute Gasteiger partial charge is 0.386 e. The fourth-order valence-electron chi connectivity index (χ4n) is 6.99. The number of nitrogen functional groups attached to an aromatic ring is 1. The van der Waals surface area contributed by atoms with Crippen LogP contribution in [0.1, 0.15) is 123 Å². The molecule has 1 aliphatic rings. The van der Waals surface area contributed by atoms with Gasteiger partial charge in [-0.1, -0.05) is 113 Å². The summed E-state index contributed by atoms with van der Waals surface area (Å²) in [4.78, 5) is 88.5. The van der Waals surface area contributed by atoms with Crippen molar-refractivity contribution in [2.75, 3.05) is 37.8 Å². The van der Waals surface area contributed by atoms with Gasteiger partial charge in [0.25, 0.3) is 0 Å². The topological polar surface area (TPSA) is 364 Å². The Kier molecular flexibility index (Phi) is 28.7. The highest BCUT2D eigenvalue weighted by molar-refractivity contribution is 8.13. The third-order valence-electron chi connectivity index (χ3n) is 11.0. The molecule has 7 atom stereocenters. The number of carbonyl (C=O) groups excluding carboxylic acids is 3. The first kappa shape index (κ1) is 63.8. The van der Waals surface area contributed by atoms with Crippen LogP contribution < -0.4 is 16.4 Å². The van der Waals surface area contributed by atoms with Gasteiger partial charge < -0.3 is 50.9 Å². The fourth-order valence-corrected chi connectivity index (χ4v) is 10.5. The van der Waals surface area contributed by atoms with Gasteiger partial charge >= 0.3 is 23.5 Å². The Balaban J connectivity index is 1.25. The second-order valence-corrected chi connectivity index (χ2v) is 23.1. The lowest BCUT2D eigenvalue weighted by molar-refractivity contribution is -0.137. The van der Waals surface area contributed by atoms with Crippen molar-refractivity contribution in [2.24, 2.45) is 5.41 Å². The number of imidazole rings is 1. The standard InChI is InChI=1S/C45H74N7O17P3S/c1-4-5-6-7-8-9-10-11-12-13-14-15-16-17-18-19-20-21-22-23-24-25-36(54)73-29-28-47-35(53)26-27-48-43(57)40(56)45(2,3)31-66-72(63,64)69-71(61,62)65-30-34-39(68-70(58,59)60)38(55)44(67-34)52-33-51-37-41(46)49-32-50-42(37)52/h8-9,11-12,14-15,17-18,32-34,38-40,44,55-56H,4-7,10,13,16,19-31H2,1-3H3,(H,47,53)(H,48,57)(H,61,62)(H,63,64)(H2,46,49,50)(H2,58,59,60)/b9-8-,12-11-,15-14-,18-17-/t34-,38-,39-,40+,44-/m1/s1. The van der Waals surface area contributed by atoms with Gasteiger partial charge in [-0.15, -0.1) is 0 Å². The molecule has 28 heteroatoms. The predicted octanol–water partition coefficient (Wildman–Crippen LogP) is 6.37. The number of allylic oxidation sites excluding steroid dienone is 8. The number of fused-ring (bicyclic) bond motifs is 1. The second kappa shape index (κ2) is 32.8. The SMILES string of the molecule is CCCCC/C=C\C/C=C\C/C=C\C/C=C\CCCCCCCC(=O)SCCNC(=O)CCNC(=O)[C@H](O)C(C)(C)COP(=O)(O)OP(=O)(O)OC[C@H]1O[C@@H](n2cnc3c(N)ncnc32)[C@H](O)[C@@H]1OP(=O)(O)O. The maximum absolute atomic E-state index is 12.8. The van der Waals surface area contributed by atoms with E-state index in [9.17, 15) is 57.9 Å². The van der Waals surface area contributed by atoms with Crippen LogP contribution in [-0.4, -0.2) is 123 Å². The molecule has 0 bridgehead atoms. The van der Waals surface area contributed by atoms with Crippen LogP contribution in [0, 0.1) is 5.41 Å². The molecule has 1 aliphatic heterocycles. The van der Waals surface area contributed by atoms with Gasteiger partial charge in [0, 0.05) is 37.1 Å². The summed E-state index contributed by atoms with van der Waals surface area (Å²) in [6, 6.07) is 0. The molecule has 24 nitrogen and oxygen atoms in total. The second-order valence-electron chi connectivity index (χ2n) is 17.7. The summed E-state index contributed by atoms with van der Waals surface area (Å²) in [5.74, 6) is -1.05. The van der Waals surface area contributed by atoms with Crippen LogP contribution in [-0.2, 0) is 50.7 Å². The normalized spacial score (nSPS) is 19.8. The van der Waals surface area contributed by atoms with Crippen LogP contribution in [0.25, 0.3) is 11.2 Å². The van der Waals surface area contributed by atoms with Gasteiger partial charge in [0.05, 0.1) is 19.5 Å². The number of anilines is 1. The fraction of sp³-hybridized carbons (Fsp3) is 0.644. The quantitative estimate of drug-likeness (QED) is 0.0201. The van der Waals surface area contributed by atoms with E-state index in [1.165, 1.54) is 39.5 Å². The summed E-state index contributed by atoms with van der Waals surface area (Å²) in [5, 5.41) is 26.7. The zero-order valence-corrected chi connectivity index (χ0v) is 45.1. The molecule has 10 N–H and O–H groups in total. The molecule has 2 aromatic heterocycles. The average molecular weight is 1110 g/mol. The zero-order chi connectivity index (χ0) is 53.9. The van der Waals surface area contributed by atoms with Gasteiger partial charge in [0.1, 0.15) is 36.3 Å². The Labute approximate surface area is 430 Å². The van der Waals surface area contributed by atoms with E-state index in [1.807, 2.05) is 0 Å². The van der Waals surface area contributed by atoms with Crippen molar-refractivity contribution in [2.45, 2.75) is 148 Å². The number of aliphatic hydroxyl groups excluding tert-OH is 2. The number of rotatable bonds is 37. The minimum atomic E-state index is -5.58. The molecule has 0 radical (unpaired) electrons. The molecule has 0 aliphatic carbocycles. The first-order valence-electron chi connectivity index (χ1n) is 24.2. The largest absolute Gasteiger partial charge is 0.481 e. The number of phosphoric acid groups is 3. The van der Waals surface area contributed by atoms with Crippen molar-refractivity contribution in [3.05, 3.63) is 61.3 Å². The number of unbranched alkanes of at least 4 members (excludes halogenated alkanes) is 8. The van der Waals surface area contributed by atoms with Crippen LogP contribution in [0.5, 0.6) is 0 Å². The van der Waals surface area contributed by atoms with E-state index in [0.717, 1.165) is 86.8 Å². The Hall–Kier alpha value is -3.48. The van der Waals surface area contributed by atoms with E-state index < -0.39 is 84.6 Å². The number of aliphatic hydroxyl groups is 2. The number of carbonyl (C=O) groups is 3. The molecule has 1 fully saturated rings. The summed E-state index contributed by atoms with van der Waals surface area (Å²) in [6.07, 6.45) is 25.2. The summed E-state index contributed by atoms with van der Waals surface area (Å²) >= 11 is 1.14. The highest BCUT2D eigenvalue weighted by Gasteiger charge is 2.50. The molecule has 2 unspecified atom stereocenters. The summed E-state index contributed by atoms with van der Waals surface area (Å²) < 4.78 is 62.5. The molecule has 0 spiro atoms. The van der Waals surface area contributed by atoms with Gasteiger partial charge in [0.2, 0.25) is 11.8 Å². The number of hydrogen-bond donors (Lipinski definition) is 9. The summed E-state index contributed by atoms with van der Waals surface area (Å²) in [5.41, 5.74) is 4.28. The van der Waals surface area contributed by atoms with Gasteiger partial charge in [-0.05, 0) is 51.4 Å². The molecule has 412 valence electrons. The van der Waals surface area contributed by atoms with Crippen molar-refractivity contribution in [3.8, 4) is 0 Å². The molecule has 3 heterocycles. The average Bonchev–Trinajstić information content (AvgIpc) is 3.88. The lowest BCUT2D eigenvalue weighted by Gasteiger charge is -2.30. The number of nitrogens with two attached hydrogens (primary N) is 1. The Morgan fingerprint density at radius 2 is 1.44 bits per heavy atom. The number of phosphoric ester groups is 3. The van der Waals surface area contributed by atoms with Crippen LogP contribution >= 0.6 is 35.2 Å². The molecule has 2 amide bonds. The Morgan fingerprint density at radius 3 is 2.08 bits per heavy atom. The Bertz CT molecular complexity index is 2300. The lowest BCUT2D eigenvalue weighted by atomic mass is 9.87. The van der Waals surface area contributed by atoms with Gasteiger partial charge in [-0.2, -0.15) is 4.31 Å². The molecule has 0 aromatic carbocycles. The first-order chi connectivity index (χ1) is 34.6. The van der Waals surface area contributed by atoms with Crippen LogP contribution in [0.15, 0.2) is 61.3 Å². The van der Waals surface area contributed by atoms with Crippen molar-refractivity contribution in [3.63, 3.8) is 0 Å². The van der Waals surface area contributed by atoms with Crippen LogP contribution in [0.3, 0.4) is 0 Å². The van der Waals surface area contributed by atoms with Gasteiger partial charge in [0.15, 0.2) is 22.8 Å². The summed E-state index contributed by atoms with van der Waals surface area (Å²) in [6.45, 7) is 2.76. The third kappa shape index (κ3) is 25.3. The molecule has 2 aromatic rings. The molecule has 3 rings (SSSR count). The van der Waals surface area contributed by atoms with Crippen LogP contribution in [0.2, 0.25) is 0 Å². The van der Waals surface area contributed by atoms with Gasteiger partial charge in [-0.25, -0.2) is 28.6 Å². The number of amides is 2. The van der Waals surface area contributed by atoms with E-state index >= 15 is 0 Å². The van der Waals surface area contributed by atoms with Crippen molar-refractivity contribution < 1.29 is 80.5 Å². The highest BCUT2D eigenvalue weighted by atomic mass is 32.2. The van der Waals surface area contributed by atoms with E-state index in [2.05, 4.69) is 90.0 Å². The monoisotopic (exact) mass is 1110 g/mol. The maximum atomic E-state index is 12.8. The number of hydrogen-bond acceptors (Lipinski definition) is 18. The summed E-state index contributed by atoms with van der Waals surface area (Å²) in [7, 11) is -16.4. The van der Waals surface area contributed by atoms with Crippen LogP contribution in [0.4, 0.5) is 5.82 Å². The predicted molar refractivity (Wildman–Crippen MR) is 274 cm³/mol. The third-order valence-corrected chi connectivity index (χ3v) is 15.0. The molecular formula is C45H74N7O17P3S. The number of nitrogens with zero attached hydrogens (tertiary/aromatic N) is 4. The van der Waals surface area contributed by atoms with Crippen molar-refractivity contribution in [1.29, 1.82) is 0 Å². The van der Waals surface area contributed by atoms with Crippen molar-refractivity contribution >= 4 is 69.1 Å². The molecular weight excluding hydrogens is 1040 g/mol. The minimum Gasteiger partial charge on any atom is -0.386 e. The first-order valence-corrected chi connectivity index (χ1v) is 29.7. The molecule has 0 saturated carbocycles. The van der Waals surface area contributed by atoms with E-state index in [1.54, 1.807) is 0 Å². The highest BCUT2D eigenvalue weighted by Crippen LogP contribution is 2.61. The van der Waals surface area contributed by atoms with Gasteiger partial charge in [-0.3, -0.25) is 32.5 Å².